The molecule has 3 heteroatoms. The van der Waals surface area contributed by atoms with Gasteiger partial charge in [0.2, 0.25) is 0 Å². The summed E-state index contributed by atoms with van der Waals surface area (Å²) in [5.41, 5.74) is 2.16. The zero-order valence-corrected chi connectivity index (χ0v) is 10.4. The van der Waals surface area contributed by atoms with Crippen molar-refractivity contribution in [2.75, 3.05) is 33.7 Å². The van der Waals surface area contributed by atoms with Crippen LogP contribution in [-0.2, 0) is 0 Å². The summed E-state index contributed by atoms with van der Waals surface area (Å²) in [5.74, 6) is 0. The Labute approximate surface area is 98.1 Å². The third-order valence-electron chi connectivity index (χ3n) is 2.62. The standard InChI is InChI=1S/C13H22N2O/c1-11-6-4-5-7-12(11)13(16)10-14-8-9-15(2)3/h4-7,13-14,16H,8-10H2,1-3H3. The number of rotatable bonds is 6. The molecular weight excluding hydrogens is 200 g/mol. The summed E-state index contributed by atoms with van der Waals surface area (Å²) >= 11 is 0. The van der Waals surface area contributed by atoms with Crippen molar-refractivity contribution in [1.82, 2.24) is 10.2 Å². The SMILES string of the molecule is Cc1ccccc1C(O)CNCCN(C)C. The molecule has 0 fully saturated rings. The molecule has 0 amide bonds. The molecule has 0 spiro atoms. The van der Waals surface area contributed by atoms with E-state index < -0.39 is 6.10 Å². The smallest absolute Gasteiger partial charge is 0.0916 e. The maximum atomic E-state index is 9.99. The van der Waals surface area contributed by atoms with Crippen LogP contribution in [0.15, 0.2) is 24.3 Å². The van der Waals surface area contributed by atoms with Crippen molar-refractivity contribution in [2.24, 2.45) is 0 Å². The van der Waals surface area contributed by atoms with E-state index in [2.05, 4.69) is 10.2 Å². The number of hydrogen-bond donors (Lipinski definition) is 2. The van der Waals surface area contributed by atoms with Crippen LogP contribution < -0.4 is 5.32 Å². The van der Waals surface area contributed by atoms with Crippen LogP contribution in [0.4, 0.5) is 0 Å². The van der Waals surface area contributed by atoms with Gasteiger partial charge in [0.05, 0.1) is 6.10 Å². The molecular formula is C13H22N2O. The lowest BCUT2D eigenvalue weighted by Gasteiger charge is -2.15. The molecule has 1 aromatic carbocycles. The summed E-state index contributed by atoms with van der Waals surface area (Å²) in [4.78, 5) is 2.12. The van der Waals surface area contributed by atoms with Crippen LogP contribution in [0.2, 0.25) is 0 Å². The molecule has 0 aliphatic rings. The fourth-order valence-corrected chi connectivity index (χ4v) is 1.61. The lowest BCUT2D eigenvalue weighted by atomic mass is 10.0. The molecule has 1 atom stereocenters. The molecule has 0 heterocycles. The van der Waals surface area contributed by atoms with Gasteiger partial charge in [0, 0.05) is 19.6 Å². The molecule has 3 nitrogen and oxygen atoms in total. The van der Waals surface area contributed by atoms with E-state index in [-0.39, 0.29) is 0 Å². The van der Waals surface area contributed by atoms with Crippen molar-refractivity contribution in [3.63, 3.8) is 0 Å². The first-order chi connectivity index (χ1) is 7.61. The second-order valence-corrected chi connectivity index (χ2v) is 4.38. The Morgan fingerprint density at radius 2 is 2.00 bits per heavy atom. The first kappa shape index (κ1) is 13.2. The summed E-state index contributed by atoms with van der Waals surface area (Å²) in [5, 5.41) is 13.2. The van der Waals surface area contributed by atoms with E-state index in [0.717, 1.165) is 24.2 Å². The van der Waals surface area contributed by atoms with Gasteiger partial charge in [-0.05, 0) is 32.1 Å². The number of nitrogens with zero attached hydrogens (tertiary/aromatic N) is 1. The van der Waals surface area contributed by atoms with Gasteiger partial charge < -0.3 is 15.3 Å². The Morgan fingerprint density at radius 3 is 2.62 bits per heavy atom. The van der Waals surface area contributed by atoms with Gasteiger partial charge in [-0.25, -0.2) is 0 Å². The molecule has 90 valence electrons. The molecule has 0 bridgehead atoms. The number of aliphatic hydroxyl groups excluding tert-OH is 1. The normalized spacial score (nSPS) is 13.1. The predicted molar refractivity (Wildman–Crippen MR) is 67.6 cm³/mol. The second kappa shape index (κ2) is 6.63. The van der Waals surface area contributed by atoms with Gasteiger partial charge >= 0.3 is 0 Å². The third kappa shape index (κ3) is 4.31. The highest BCUT2D eigenvalue weighted by Crippen LogP contribution is 2.15. The maximum Gasteiger partial charge on any atom is 0.0916 e. The molecule has 0 aliphatic heterocycles. The third-order valence-corrected chi connectivity index (χ3v) is 2.62. The average Bonchev–Trinajstić information content (AvgIpc) is 2.24. The topological polar surface area (TPSA) is 35.5 Å². The second-order valence-electron chi connectivity index (χ2n) is 4.38. The Hall–Kier alpha value is -0.900. The van der Waals surface area contributed by atoms with Gasteiger partial charge in [-0.15, -0.1) is 0 Å². The lowest BCUT2D eigenvalue weighted by molar-refractivity contribution is 0.173. The maximum absolute atomic E-state index is 9.99. The first-order valence-corrected chi connectivity index (χ1v) is 5.70. The van der Waals surface area contributed by atoms with Crippen molar-refractivity contribution in [1.29, 1.82) is 0 Å². The van der Waals surface area contributed by atoms with Crippen molar-refractivity contribution in [3.8, 4) is 0 Å². The number of benzene rings is 1. The van der Waals surface area contributed by atoms with E-state index >= 15 is 0 Å². The van der Waals surface area contributed by atoms with Crippen molar-refractivity contribution < 1.29 is 5.11 Å². The summed E-state index contributed by atoms with van der Waals surface area (Å²) in [6, 6.07) is 7.96. The minimum Gasteiger partial charge on any atom is -0.387 e. The van der Waals surface area contributed by atoms with Gasteiger partial charge in [-0.1, -0.05) is 24.3 Å². The summed E-state index contributed by atoms with van der Waals surface area (Å²) in [6.45, 7) is 4.52. The van der Waals surface area contributed by atoms with Crippen LogP contribution in [0.5, 0.6) is 0 Å². The van der Waals surface area contributed by atoms with E-state index in [4.69, 9.17) is 0 Å². The van der Waals surface area contributed by atoms with Gasteiger partial charge in [0.1, 0.15) is 0 Å². The van der Waals surface area contributed by atoms with Crippen LogP contribution in [0.25, 0.3) is 0 Å². The Morgan fingerprint density at radius 1 is 1.31 bits per heavy atom. The van der Waals surface area contributed by atoms with Crippen LogP contribution >= 0.6 is 0 Å². The van der Waals surface area contributed by atoms with Gasteiger partial charge in [-0.3, -0.25) is 0 Å². The van der Waals surface area contributed by atoms with Crippen LogP contribution in [0, 0.1) is 6.92 Å². The van der Waals surface area contributed by atoms with Crippen molar-refractivity contribution in [2.45, 2.75) is 13.0 Å². The molecule has 0 saturated carbocycles. The van der Waals surface area contributed by atoms with Gasteiger partial charge in [0.15, 0.2) is 0 Å². The molecule has 0 saturated heterocycles. The molecule has 0 aromatic heterocycles. The molecule has 2 N–H and O–H groups in total. The number of likely N-dealkylation sites (N-methyl/N-ethyl adjacent to an activating group) is 1. The fraction of sp³-hybridized carbons (Fsp3) is 0.538. The molecule has 1 unspecified atom stereocenters. The molecule has 1 aromatic rings. The van der Waals surface area contributed by atoms with Crippen molar-refractivity contribution in [3.05, 3.63) is 35.4 Å². The number of aryl methyl sites for hydroxylation is 1. The number of aliphatic hydroxyl groups is 1. The quantitative estimate of drug-likeness (QED) is 0.710. The predicted octanol–water partition coefficient (Wildman–Crippen LogP) is 1.18. The van der Waals surface area contributed by atoms with E-state index in [9.17, 15) is 5.11 Å². The van der Waals surface area contributed by atoms with E-state index in [1.54, 1.807) is 0 Å². The average molecular weight is 222 g/mol. The van der Waals surface area contributed by atoms with Crippen LogP contribution in [-0.4, -0.2) is 43.7 Å². The Balaban J connectivity index is 2.35. The zero-order valence-electron chi connectivity index (χ0n) is 10.4. The Kier molecular flexibility index (Phi) is 5.46. The van der Waals surface area contributed by atoms with E-state index in [0.29, 0.717) is 6.54 Å². The summed E-state index contributed by atoms with van der Waals surface area (Å²) in [6.07, 6.45) is -0.414. The fourth-order valence-electron chi connectivity index (χ4n) is 1.61. The highest BCUT2D eigenvalue weighted by molar-refractivity contribution is 5.27. The van der Waals surface area contributed by atoms with Gasteiger partial charge in [-0.2, -0.15) is 0 Å². The minimum atomic E-state index is -0.414. The van der Waals surface area contributed by atoms with Crippen LogP contribution in [0.1, 0.15) is 17.2 Å². The van der Waals surface area contributed by atoms with Gasteiger partial charge in [0.25, 0.3) is 0 Å². The number of hydrogen-bond acceptors (Lipinski definition) is 3. The minimum absolute atomic E-state index is 0.414. The molecule has 0 aliphatic carbocycles. The summed E-state index contributed by atoms with van der Waals surface area (Å²) < 4.78 is 0. The highest BCUT2D eigenvalue weighted by Gasteiger charge is 2.08. The molecule has 16 heavy (non-hydrogen) atoms. The van der Waals surface area contributed by atoms with Crippen LogP contribution in [0.3, 0.4) is 0 Å². The summed E-state index contributed by atoms with van der Waals surface area (Å²) in [7, 11) is 4.08. The highest BCUT2D eigenvalue weighted by atomic mass is 16.3. The van der Waals surface area contributed by atoms with E-state index in [1.807, 2.05) is 45.3 Å². The Bertz CT molecular complexity index is 313. The number of nitrogens with one attached hydrogen (secondary N) is 1. The van der Waals surface area contributed by atoms with E-state index in [1.165, 1.54) is 0 Å². The monoisotopic (exact) mass is 222 g/mol. The largest absolute Gasteiger partial charge is 0.387 e. The first-order valence-electron chi connectivity index (χ1n) is 5.70. The molecule has 1 rings (SSSR count). The zero-order chi connectivity index (χ0) is 12.0. The lowest BCUT2D eigenvalue weighted by Crippen LogP contribution is -2.29. The molecule has 0 radical (unpaired) electrons. The van der Waals surface area contributed by atoms with Crippen molar-refractivity contribution >= 4 is 0 Å².